The molecule has 2 aromatic rings. The lowest BCUT2D eigenvalue weighted by atomic mass is 9.86. The van der Waals surface area contributed by atoms with Crippen molar-refractivity contribution in [1.82, 2.24) is 9.88 Å². The number of carbonyl (C=O) groups is 2. The Labute approximate surface area is 140 Å². The van der Waals surface area contributed by atoms with Gasteiger partial charge in [-0.1, -0.05) is 36.4 Å². The van der Waals surface area contributed by atoms with Crippen molar-refractivity contribution < 1.29 is 9.59 Å². The van der Waals surface area contributed by atoms with Gasteiger partial charge in [-0.15, -0.1) is 0 Å². The summed E-state index contributed by atoms with van der Waals surface area (Å²) in [5.74, 6) is -0.616. The minimum absolute atomic E-state index is 0.0765. The van der Waals surface area contributed by atoms with E-state index in [0.29, 0.717) is 18.7 Å². The molecule has 1 atom stereocenters. The minimum Gasteiger partial charge on any atom is -0.369 e. The molecule has 24 heavy (non-hydrogen) atoms. The van der Waals surface area contributed by atoms with E-state index in [1.54, 1.807) is 12.3 Å². The quantitative estimate of drug-likeness (QED) is 0.868. The molecule has 1 fully saturated rings. The van der Waals surface area contributed by atoms with E-state index in [2.05, 4.69) is 4.98 Å². The number of benzene rings is 1. The number of nitrogens with zero attached hydrogens (tertiary/aromatic N) is 2. The van der Waals surface area contributed by atoms with Crippen LogP contribution in [0, 0.1) is 0 Å². The molecule has 0 saturated carbocycles. The van der Waals surface area contributed by atoms with Gasteiger partial charge in [0, 0.05) is 24.9 Å². The second kappa shape index (κ2) is 7.19. The number of pyridine rings is 1. The summed E-state index contributed by atoms with van der Waals surface area (Å²) in [6.45, 7) is 1.03. The van der Waals surface area contributed by atoms with Crippen LogP contribution in [-0.2, 0) is 9.59 Å². The van der Waals surface area contributed by atoms with Gasteiger partial charge in [-0.25, -0.2) is 0 Å². The van der Waals surface area contributed by atoms with E-state index >= 15 is 0 Å². The Morgan fingerprint density at radius 1 is 1.21 bits per heavy atom. The number of ketones is 1. The van der Waals surface area contributed by atoms with E-state index in [0.717, 1.165) is 11.3 Å². The lowest BCUT2D eigenvalue weighted by molar-refractivity contribution is -0.122. The van der Waals surface area contributed by atoms with Crippen LogP contribution >= 0.6 is 0 Å². The van der Waals surface area contributed by atoms with E-state index < -0.39 is 5.91 Å². The number of likely N-dealkylation sites (tertiary alicyclic amines) is 1. The maximum absolute atomic E-state index is 12.9. The van der Waals surface area contributed by atoms with Crippen molar-refractivity contribution in [2.24, 2.45) is 5.73 Å². The number of carbonyl (C=O) groups excluding carboxylic acids is 2. The monoisotopic (exact) mass is 321 g/mol. The molecule has 2 N–H and O–H groups in total. The molecule has 5 nitrogen and oxygen atoms in total. The van der Waals surface area contributed by atoms with Gasteiger partial charge in [0.05, 0.1) is 18.2 Å². The third-order valence-electron chi connectivity index (χ3n) is 4.06. The number of nitrogens with two attached hydrogens (primary N) is 1. The topological polar surface area (TPSA) is 76.3 Å². The molecule has 2 heterocycles. The summed E-state index contributed by atoms with van der Waals surface area (Å²) in [6.07, 6.45) is 3.49. The predicted octanol–water partition coefficient (Wildman–Crippen LogP) is 1.62. The Kier molecular flexibility index (Phi) is 4.82. The van der Waals surface area contributed by atoms with Crippen LogP contribution in [0.2, 0.25) is 0 Å². The summed E-state index contributed by atoms with van der Waals surface area (Å²) < 4.78 is 0. The first kappa shape index (κ1) is 16.1. The molecule has 122 valence electrons. The highest BCUT2D eigenvalue weighted by Gasteiger charge is 2.32. The molecule has 5 heteroatoms. The summed E-state index contributed by atoms with van der Waals surface area (Å²) in [5.41, 5.74) is 7.67. The van der Waals surface area contributed by atoms with Crippen molar-refractivity contribution in [3.8, 4) is 0 Å². The van der Waals surface area contributed by atoms with E-state index in [1.807, 2.05) is 53.4 Å². The molecular weight excluding hydrogens is 302 g/mol. The van der Waals surface area contributed by atoms with Crippen LogP contribution in [0.4, 0.5) is 0 Å². The summed E-state index contributed by atoms with van der Waals surface area (Å²) in [4.78, 5) is 30.4. The number of rotatable bonds is 4. The van der Waals surface area contributed by atoms with Crippen molar-refractivity contribution in [3.05, 3.63) is 71.6 Å². The van der Waals surface area contributed by atoms with Gasteiger partial charge < -0.3 is 5.73 Å². The van der Waals surface area contributed by atoms with Gasteiger partial charge in [0.15, 0.2) is 5.78 Å². The summed E-state index contributed by atoms with van der Waals surface area (Å²) in [6, 6.07) is 15.2. The Morgan fingerprint density at radius 2 is 1.96 bits per heavy atom. The third-order valence-corrected chi connectivity index (χ3v) is 4.06. The van der Waals surface area contributed by atoms with Crippen molar-refractivity contribution in [3.63, 3.8) is 0 Å². The Hall–Kier alpha value is -2.79. The Bertz CT molecular complexity index is 757. The van der Waals surface area contributed by atoms with Crippen LogP contribution in [0.15, 0.2) is 60.3 Å². The number of hydrogen-bond donors (Lipinski definition) is 1. The number of aromatic nitrogens is 1. The molecule has 1 aliphatic heterocycles. The van der Waals surface area contributed by atoms with Gasteiger partial charge in [-0.05, 0) is 23.8 Å². The van der Waals surface area contributed by atoms with Gasteiger partial charge in [-0.3, -0.25) is 19.5 Å². The molecule has 1 aliphatic rings. The van der Waals surface area contributed by atoms with Crippen LogP contribution in [0.3, 0.4) is 0 Å². The van der Waals surface area contributed by atoms with Gasteiger partial charge in [0.1, 0.15) is 0 Å². The number of Topliss-reactive ketones (excluding diaryl/α,β-unsaturated/α-hetero) is 1. The van der Waals surface area contributed by atoms with Crippen LogP contribution in [0.1, 0.15) is 17.2 Å². The normalized spacial score (nSPS) is 20.2. The van der Waals surface area contributed by atoms with Crippen molar-refractivity contribution >= 4 is 17.8 Å². The average Bonchev–Trinajstić information content (AvgIpc) is 2.59. The molecule has 0 spiro atoms. The molecule has 1 aromatic heterocycles. The van der Waals surface area contributed by atoms with Crippen LogP contribution < -0.4 is 5.73 Å². The number of hydrogen-bond acceptors (Lipinski definition) is 4. The van der Waals surface area contributed by atoms with Crippen molar-refractivity contribution in [1.29, 1.82) is 0 Å². The zero-order valence-electron chi connectivity index (χ0n) is 13.3. The molecule has 3 rings (SSSR count). The minimum atomic E-state index is -0.395. The Balaban J connectivity index is 1.94. The number of primary amides is 1. The number of piperidine rings is 1. The molecule has 1 aromatic carbocycles. The predicted molar refractivity (Wildman–Crippen MR) is 92.0 cm³/mol. The van der Waals surface area contributed by atoms with E-state index in [-0.39, 0.29) is 18.2 Å². The largest absolute Gasteiger partial charge is 0.369 e. The molecule has 0 aliphatic carbocycles. The SMILES string of the molecule is NC(=O)CN1CC(=Cc2ccccn2)C(=O)C(c2ccccc2)C1. The van der Waals surface area contributed by atoms with Crippen LogP contribution in [0.25, 0.3) is 6.08 Å². The van der Waals surface area contributed by atoms with Crippen molar-refractivity contribution in [2.45, 2.75) is 5.92 Å². The maximum Gasteiger partial charge on any atom is 0.231 e. The molecule has 1 unspecified atom stereocenters. The molecular formula is C19H19N3O2. The molecule has 1 saturated heterocycles. The fourth-order valence-electron chi connectivity index (χ4n) is 2.99. The summed E-state index contributed by atoms with van der Waals surface area (Å²) >= 11 is 0. The second-order valence-electron chi connectivity index (χ2n) is 5.89. The summed E-state index contributed by atoms with van der Waals surface area (Å²) in [7, 11) is 0. The van der Waals surface area contributed by atoms with Crippen LogP contribution in [0.5, 0.6) is 0 Å². The standard InChI is InChI=1S/C19H19N3O2/c20-18(23)13-22-11-15(10-16-8-4-5-9-21-16)19(24)17(12-22)14-6-2-1-3-7-14/h1-10,17H,11-13H2,(H2,20,23). The van der Waals surface area contributed by atoms with Crippen molar-refractivity contribution in [2.75, 3.05) is 19.6 Å². The van der Waals surface area contributed by atoms with E-state index in [1.165, 1.54) is 0 Å². The van der Waals surface area contributed by atoms with Gasteiger partial charge in [-0.2, -0.15) is 0 Å². The maximum atomic E-state index is 12.9. The highest BCUT2D eigenvalue weighted by Crippen LogP contribution is 2.27. The lowest BCUT2D eigenvalue weighted by Crippen LogP contribution is -2.44. The zero-order chi connectivity index (χ0) is 16.9. The Morgan fingerprint density at radius 3 is 2.62 bits per heavy atom. The zero-order valence-corrected chi connectivity index (χ0v) is 13.3. The highest BCUT2D eigenvalue weighted by molar-refractivity contribution is 6.05. The average molecular weight is 321 g/mol. The number of amides is 1. The molecule has 0 radical (unpaired) electrons. The fraction of sp³-hybridized carbons (Fsp3) is 0.211. The first-order valence-electron chi connectivity index (χ1n) is 7.85. The highest BCUT2D eigenvalue weighted by atomic mass is 16.1. The third kappa shape index (κ3) is 3.75. The van der Waals surface area contributed by atoms with Gasteiger partial charge >= 0.3 is 0 Å². The fourth-order valence-corrected chi connectivity index (χ4v) is 2.99. The van der Waals surface area contributed by atoms with Gasteiger partial charge in [0.2, 0.25) is 5.91 Å². The van der Waals surface area contributed by atoms with E-state index in [4.69, 9.17) is 5.73 Å². The molecule has 1 amide bonds. The first-order chi connectivity index (χ1) is 11.6. The lowest BCUT2D eigenvalue weighted by Gasteiger charge is -2.32. The summed E-state index contributed by atoms with van der Waals surface area (Å²) in [5, 5.41) is 0. The second-order valence-corrected chi connectivity index (χ2v) is 5.89. The smallest absolute Gasteiger partial charge is 0.231 e. The molecule has 0 bridgehead atoms. The van der Waals surface area contributed by atoms with Gasteiger partial charge in [0.25, 0.3) is 0 Å². The van der Waals surface area contributed by atoms with Crippen LogP contribution in [-0.4, -0.2) is 41.2 Å². The first-order valence-corrected chi connectivity index (χ1v) is 7.85. The van der Waals surface area contributed by atoms with E-state index in [9.17, 15) is 9.59 Å².